The average molecular weight is 280 g/mol. The third-order valence-corrected chi connectivity index (χ3v) is 3.41. The van der Waals surface area contributed by atoms with Gasteiger partial charge in [0.2, 0.25) is 0 Å². The van der Waals surface area contributed by atoms with Gasteiger partial charge in [0.15, 0.2) is 0 Å². The van der Waals surface area contributed by atoms with Gasteiger partial charge in [-0.3, -0.25) is 0 Å². The summed E-state index contributed by atoms with van der Waals surface area (Å²) in [4.78, 5) is 0. The molecule has 0 aromatic heterocycles. The molecule has 0 heterocycles. The summed E-state index contributed by atoms with van der Waals surface area (Å²) in [5.74, 6) is 0.825. The minimum absolute atomic E-state index is 0.213. The molecule has 1 unspecified atom stereocenters. The molecular formula is C18H20N2O. The Labute approximate surface area is 126 Å². The van der Waals surface area contributed by atoms with Crippen molar-refractivity contribution in [3.8, 4) is 11.8 Å². The molecule has 2 rings (SSSR count). The van der Waals surface area contributed by atoms with E-state index in [9.17, 15) is 0 Å². The highest BCUT2D eigenvalue weighted by Gasteiger charge is 2.02. The van der Waals surface area contributed by atoms with E-state index in [1.165, 1.54) is 5.56 Å². The number of nitrogens with two attached hydrogens (primary N) is 1. The van der Waals surface area contributed by atoms with Crippen molar-refractivity contribution in [3.05, 3.63) is 65.2 Å². The van der Waals surface area contributed by atoms with E-state index in [1.807, 2.05) is 30.3 Å². The summed E-state index contributed by atoms with van der Waals surface area (Å²) in [6.07, 6.45) is 1.87. The lowest BCUT2D eigenvalue weighted by Gasteiger charge is -2.10. The van der Waals surface area contributed by atoms with Gasteiger partial charge in [0.05, 0.1) is 11.6 Å². The van der Waals surface area contributed by atoms with Crippen LogP contribution in [0.2, 0.25) is 0 Å². The first-order chi connectivity index (χ1) is 10.2. The Morgan fingerprint density at radius 1 is 1.14 bits per heavy atom. The van der Waals surface area contributed by atoms with Crippen molar-refractivity contribution in [2.45, 2.75) is 32.4 Å². The molecule has 2 aromatic rings. The number of rotatable bonds is 6. The highest BCUT2D eigenvalue weighted by atomic mass is 16.5. The lowest BCUT2D eigenvalue weighted by Crippen LogP contribution is -2.21. The van der Waals surface area contributed by atoms with Crippen LogP contribution in [0, 0.1) is 11.3 Å². The number of nitriles is 1. The standard InChI is InChI=1S/C18H20N2O/c1-2-17(20)11-14-6-8-18(9-7-14)21-13-16-5-3-4-15(10-16)12-19/h3-10,17H,2,11,13,20H2,1H3. The highest BCUT2D eigenvalue weighted by molar-refractivity contribution is 5.33. The van der Waals surface area contributed by atoms with E-state index in [-0.39, 0.29) is 6.04 Å². The molecule has 0 aliphatic rings. The van der Waals surface area contributed by atoms with Gasteiger partial charge < -0.3 is 10.5 Å². The quantitative estimate of drug-likeness (QED) is 0.882. The van der Waals surface area contributed by atoms with Crippen LogP contribution < -0.4 is 10.5 Å². The van der Waals surface area contributed by atoms with Gasteiger partial charge in [-0.2, -0.15) is 5.26 Å². The lowest BCUT2D eigenvalue weighted by atomic mass is 10.0. The summed E-state index contributed by atoms with van der Waals surface area (Å²) in [5, 5.41) is 8.87. The lowest BCUT2D eigenvalue weighted by molar-refractivity contribution is 0.306. The molecule has 3 heteroatoms. The second-order valence-electron chi connectivity index (χ2n) is 5.12. The Balaban J connectivity index is 1.93. The fourth-order valence-corrected chi connectivity index (χ4v) is 2.07. The number of hydrogen-bond donors (Lipinski definition) is 1. The molecule has 0 saturated heterocycles. The van der Waals surface area contributed by atoms with Crippen molar-refractivity contribution in [3.63, 3.8) is 0 Å². The first-order valence-electron chi connectivity index (χ1n) is 7.17. The number of hydrogen-bond acceptors (Lipinski definition) is 3. The molecule has 108 valence electrons. The fraction of sp³-hybridized carbons (Fsp3) is 0.278. The molecule has 0 fully saturated rings. The largest absolute Gasteiger partial charge is 0.489 e. The predicted molar refractivity (Wildman–Crippen MR) is 83.9 cm³/mol. The van der Waals surface area contributed by atoms with Crippen molar-refractivity contribution in [1.29, 1.82) is 5.26 Å². The van der Waals surface area contributed by atoms with Crippen molar-refractivity contribution >= 4 is 0 Å². The van der Waals surface area contributed by atoms with Crippen molar-refractivity contribution in [1.82, 2.24) is 0 Å². The Bertz CT molecular complexity index is 614. The maximum Gasteiger partial charge on any atom is 0.119 e. The normalized spacial score (nSPS) is 11.7. The summed E-state index contributed by atoms with van der Waals surface area (Å²) >= 11 is 0. The first kappa shape index (κ1) is 15.1. The minimum Gasteiger partial charge on any atom is -0.489 e. The molecule has 2 aromatic carbocycles. The van der Waals surface area contributed by atoms with Crippen LogP contribution in [0.3, 0.4) is 0 Å². The zero-order chi connectivity index (χ0) is 15.1. The first-order valence-corrected chi connectivity index (χ1v) is 7.17. The summed E-state index contributed by atoms with van der Waals surface area (Å²) in [7, 11) is 0. The second-order valence-corrected chi connectivity index (χ2v) is 5.12. The average Bonchev–Trinajstić information content (AvgIpc) is 2.54. The van der Waals surface area contributed by atoms with Crippen LogP contribution in [0.5, 0.6) is 5.75 Å². The number of nitrogens with zero attached hydrogens (tertiary/aromatic N) is 1. The molecule has 0 aliphatic carbocycles. The van der Waals surface area contributed by atoms with E-state index in [0.717, 1.165) is 24.2 Å². The van der Waals surface area contributed by atoms with Gasteiger partial charge in [-0.25, -0.2) is 0 Å². The SMILES string of the molecule is CCC(N)Cc1ccc(OCc2cccc(C#N)c2)cc1. The Morgan fingerprint density at radius 2 is 1.90 bits per heavy atom. The topological polar surface area (TPSA) is 59.0 Å². The summed E-state index contributed by atoms with van der Waals surface area (Å²) in [6, 6.07) is 17.8. The monoisotopic (exact) mass is 280 g/mol. The van der Waals surface area contributed by atoms with Gasteiger partial charge in [0.1, 0.15) is 12.4 Å². The van der Waals surface area contributed by atoms with Gasteiger partial charge in [0.25, 0.3) is 0 Å². The zero-order valence-electron chi connectivity index (χ0n) is 12.3. The number of benzene rings is 2. The van der Waals surface area contributed by atoms with Gasteiger partial charge >= 0.3 is 0 Å². The van der Waals surface area contributed by atoms with Crippen LogP contribution in [0.1, 0.15) is 30.0 Å². The Kier molecular flexibility index (Phi) is 5.36. The van der Waals surface area contributed by atoms with Crippen LogP contribution in [0.25, 0.3) is 0 Å². The van der Waals surface area contributed by atoms with Crippen LogP contribution in [0.15, 0.2) is 48.5 Å². The number of ether oxygens (including phenoxy) is 1. The molecule has 3 nitrogen and oxygen atoms in total. The van der Waals surface area contributed by atoms with E-state index in [0.29, 0.717) is 12.2 Å². The Hall–Kier alpha value is -2.31. The van der Waals surface area contributed by atoms with Crippen LogP contribution >= 0.6 is 0 Å². The maximum atomic E-state index is 8.87. The molecule has 0 radical (unpaired) electrons. The van der Waals surface area contributed by atoms with E-state index in [2.05, 4.69) is 25.1 Å². The van der Waals surface area contributed by atoms with Gasteiger partial charge in [-0.15, -0.1) is 0 Å². The molecule has 0 amide bonds. The molecule has 0 aliphatic heterocycles. The summed E-state index contributed by atoms with van der Waals surface area (Å²) < 4.78 is 5.74. The molecule has 1 atom stereocenters. The van der Waals surface area contributed by atoms with Gasteiger partial charge in [0, 0.05) is 6.04 Å². The molecule has 0 spiro atoms. The third kappa shape index (κ3) is 4.62. The van der Waals surface area contributed by atoms with E-state index >= 15 is 0 Å². The van der Waals surface area contributed by atoms with Gasteiger partial charge in [-0.1, -0.05) is 31.2 Å². The Morgan fingerprint density at radius 3 is 2.57 bits per heavy atom. The van der Waals surface area contributed by atoms with Crippen LogP contribution in [0.4, 0.5) is 0 Å². The third-order valence-electron chi connectivity index (χ3n) is 3.41. The highest BCUT2D eigenvalue weighted by Crippen LogP contribution is 2.16. The smallest absolute Gasteiger partial charge is 0.119 e. The van der Waals surface area contributed by atoms with E-state index in [1.54, 1.807) is 6.07 Å². The summed E-state index contributed by atoms with van der Waals surface area (Å²) in [6.45, 7) is 2.56. The van der Waals surface area contributed by atoms with Crippen LogP contribution in [-0.4, -0.2) is 6.04 Å². The molecule has 0 saturated carbocycles. The van der Waals surface area contributed by atoms with Crippen molar-refractivity contribution in [2.75, 3.05) is 0 Å². The van der Waals surface area contributed by atoms with Crippen molar-refractivity contribution in [2.24, 2.45) is 5.73 Å². The zero-order valence-corrected chi connectivity index (χ0v) is 12.3. The molecule has 2 N–H and O–H groups in total. The minimum atomic E-state index is 0.213. The molecule has 21 heavy (non-hydrogen) atoms. The predicted octanol–water partition coefficient (Wildman–Crippen LogP) is 3.42. The molecular weight excluding hydrogens is 260 g/mol. The summed E-state index contributed by atoms with van der Waals surface area (Å²) in [5.41, 5.74) is 8.82. The maximum absolute atomic E-state index is 8.87. The second kappa shape index (κ2) is 7.47. The molecule has 0 bridgehead atoms. The fourth-order valence-electron chi connectivity index (χ4n) is 2.07. The van der Waals surface area contributed by atoms with Crippen LogP contribution in [-0.2, 0) is 13.0 Å². The van der Waals surface area contributed by atoms with E-state index < -0.39 is 0 Å². The van der Waals surface area contributed by atoms with Gasteiger partial charge in [-0.05, 0) is 48.2 Å². The van der Waals surface area contributed by atoms with E-state index in [4.69, 9.17) is 15.7 Å². The van der Waals surface area contributed by atoms with Crippen molar-refractivity contribution < 1.29 is 4.74 Å².